The largest absolute Gasteiger partial charge is 0.457 e. The number of ether oxygens (including phenoxy) is 1. The lowest BCUT2D eigenvalue weighted by Crippen LogP contribution is -2.30. The van der Waals surface area contributed by atoms with Crippen molar-refractivity contribution in [1.29, 1.82) is 0 Å². The van der Waals surface area contributed by atoms with E-state index in [0.29, 0.717) is 6.54 Å². The fourth-order valence-electron chi connectivity index (χ4n) is 3.07. The molecule has 2 rings (SSSR count). The summed E-state index contributed by atoms with van der Waals surface area (Å²) in [7, 11) is 3.82. The Labute approximate surface area is 158 Å². The first-order valence-electron chi connectivity index (χ1n) is 11.1. The van der Waals surface area contributed by atoms with Crippen LogP contribution in [0.5, 0.6) is 0 Å². The van der Waals surface area contributed by atoms with Gasteiger partial charge in [-0.05, 0) is 31.1 Å². The maximum atomic E-state index is 12.3. The summed E-state index contributed by atoms with van der Waals surface area (Å²) in [6, 6.07) is 7.45. The van der Waals surface area contributed by atoms with Gasteiger partial charge in [-0.1, -0.05) is 74.4 Å². The average molecular weight is 345 g/mol. The van der Waals surface area contributed by atoms with Crippen LogP contribution in [-0.2, 0) is 9.53 Å². The lowest BCUT2D eigenvalue weighted by Gasteiger charge is -2.33. The minimum Gasteiger partial charge on any atom is -0.457 e. The molecule has 0 spiro atoms. The molecule has 0 saturated carbocycles. The topological polar surface area (TPSA) is 29.5 Å². The molecule has 0 fully saturated rings. The maximum Gasteiger partial charge on any atom is 0.306 e. The number of hydrogen-bond acceptors (Lipinski definition) is 3. The summed E-state index contributed by atoms with van der Waals surface area (Å²) in [5.74, 6) is -1.20. The molecule has 3 unspecified atom stereocenters. The van der Waals surface area contributed by atoms with Crippen molar-refractivity contribution >= 4 is 5.97 Å². The van der Waals surface area contributed by atoms with E-state index in [4.69, 9.17) is 11.6 Å². The molecule has 3 nitrogen and oxygen atoms in total. The summed E-state index contributed by atoms with van der Waals surface area (Å²) in [5, 5.41) is 0. The Bertz CT molecular complexity index is 860. The monoisotopic (exact) mass is 344 g/mol. The molecule has 0 amide bonds. The molecular formula is C22H29NO2. The molecule has 3 heteroatoms. The predicted octanol–water partition coefficient (Wildman–Crippen LogP) is 4.66. The van der Waals surface area contributed by atoms with Crippen molar-refractivity contribution in [2.75, 3.05) is 20.6 Å². The van der Waals surface area contributed by atoms with Gasteiger partial charge in [0, 0.05) is 18.9 Å². The van der Waals surface area contributed by atoms with Crippen LogP contribution in [0.2, 0.25) is 0 Å². The number of carbonyl (C=O) groups excluding carboxylic acids is 1. The summed E-state index contributed by atoms with van der Waals surface area (Å²) in [4.78, 5) is 14.3. The Hall–Kier alpha value is -2.13. The number of benzene rings is 2. The van der Waals surface area contributed by atoms with Crippen LogP contribution in [-0.4, -0.2) is 31.5 Å². The smallest absolute Gasteiger partial charge is 0.306 e. The molecule has 2 aromatic carbocycles. The highest BCUT2D eigenvalue weighted by molar-refractivity contribution is 5.69. The van der Waals surface area contributed by atoms with Crippen molar-refractivity contribution in [3.05, 3.63) is 71.7 Å². The molecule has 2 aromatic rings. The van der Waals surface area contributed by atoms with E-state index in [1.54, 1.807) is 6.92 Å². The zero-order chi connectivity index (χ0) is 22.6. The zero-order valence-corrected chi connectivity index (χ0v) is 15.3. The summed E-state index contributed by atoms with van der Waals surface area (Å²) in [5.41, 5.74) is 0.898. The van der Waals surface area contributed by atoms with Crippen LogP contribution >= 0.6 is 0 Å². The van der Waals surface area contributed by atoms with Gasteiger partial charge in [-0.3, -0.25) is 4.79 Å². The zero-order valence-electron chi connectivity index (χ0n) is 20.3. The van der Waals surface area contributed by atoms with Gasteiger partial charge in [0.25, 0.3) is 0 Å². The molecule has 0 aromatic heterocycles. The number of rotatable bonds is 8. The van der Waals surface area contributed by atoms with Crippen LogP contribution in [0.3, 0.4) is 0 Å². The summed E-state index contributed by atoms with van der Waals surface area (Å²) in [6.07, 6.45) is -0.601. The highest BCUT2D eigenvalue weighted by Crippen LogP contribution is 2.40. The molecule has 0 aliphatic carbocycles. The van der Waals surface area contributed by atoms with Gasteiger partial charge >= 0.3 is 5.97 Å². The van der Waals surface area contributed by atoms with Gasteiger partial charge < -0.3 is 9.64 Å². The van der Waals surface area contributed by atoms with Crippen molar-refractivity contribution in [2.45, 2.75) is 32.3 Å². The Morgan fingerprint density at radius 1 is 1.12 bits per heavy atom. The van der Waals surface area contributed by atoms with Crippen LogP contribution in [0.25, 0.3) is 0 Å². The van der Waals surface area contributed by atoms with Crippen LogP contribution < -0.4 is 0 Å². The second-order valence-corrected chi connectivity index (χ2v) is 6.48. The standard InChI is InChI=1S/C22H29NO2/c1-5-20(24)25-22(19-14-10-7-11-15-19)21(17(2)16-23(3)4)18-12-8-6-9-13-18/h6-15,17,21-22H,5,16H2,1-4H3/i6D,8D,9D,12D,13D. The Kier molecular flexibility index (Phi) is 4.92. The Morgan fingerprint density at radius 3 is 2.32 bits per heavy atom. The second-order valence-electron chi connectivity index (χ2n) is 6.48. The van der Waals surface area contributed by atoms with Gasteiger partial charge in [0.2, 0.25) is 0 Å². The molecule has 0 N–H and O–H groups in total. The Morgan fingerprint density at radius 2 is 1.76 bits per heavy atom. The van der Waals surface area contributed by atoms with Gasteiger partial charge in [-0.25, -0.2) is 0 Å². The molecule has 0 bridgehead atoms. The lowest BCUT2D eigenvalue weighted by atomic mass is 9.80. The quantitative estimate of drug-likeness (QED) is 0.652. The second kappa shape index (κ2) is 9.38. The normalized spacial score (nSPS) is 17.6. The van der Waals surface area contributed by atoms with E-state index < -0.39 is 24.0 Å². The third kappa shape index (κ3) is 5.43. The van der Waals surface area contributed by atoms with Crippen molar-refractivity contribution in [3.8, 4) is 0 Å². The number of carbonyl (C=O) groups is 1. The highest BCUT2D eigenvalue weighted by atomic mass is 16.5. The SMILES string of the molecule is [2H]c1c([2H])c([2H])c(C(C(C)CN(C)C)C(OC(=O)CC)c2ccccc2)c([2H])c1[2H]. The fourth-order valence-corrected chi connectivity index (χ4v) is 3.07. The first kappa shape index (κ1) is 13.1. The van der Waals surface area contributed by atoms with Crippen molar-refractivity contribution < 1.29 is 16.4 Å². The molecule has 3 atom stereocenters. The predicted molar refractivity (Wildman–Crippen MR) is 102 cm³/mol. The van der Waals surface area contributed by atoms with Crippen LogP contribution in [0.4, 0.5) is 0 Å². The van der Waals surface area contributed by atoms with E-state index in [2.05, 4.69) is 0 Å². The molecular weight excluding hydrogens is 310 g/mol. The molecule has 0 aliphatic rings. The van der Waals surface area contributed by atoms with Gasteiger partial charge in [0.1, 0.15) is 6.10 Å². The molecule has 0 aliphatic heterocycles. The summed E-state index contributed by atoms with van der Waals surface area (Å²) < 4.78 is 47.0. The van der Waals surface area contributed by atoms with Gasteiger partial charge in [0.15, 0.2) is 0 Å². The van der Waals surface area contributed by atoms with Gasteiger partial charge in [-0.15, -0.1) is 0 Å². The molecule has 0 saturated heterocycles. The Balaban J connectivity index is 2.77. The molecule has 0 heterocycles. The third-order valence-electron chi connectivity index (χ3n) is 4.12. The van der Waals surface area contributed by atoms with Crippen LogP contribution in [0, 0.1) is 5.92 Å². The fraction of sp³-hybridized carbons (Fsp3) is 0.409. The number of nitrogens with zero attached hydrogens (tertiary/aromatic N) is 1. The third-order valence-corrected chi connectivity index (χ3v) is 4.12. The van der Waals surface area contributed by atoms with Crippen LogP contribution in [0.1, 0.15) is 50.3 Å². The first-order valence-corrected chi connectivity index (χ1v) is 8.56. The maximum absolute atomic E-state index is 12.3. The van der Waals surface area contributed by atoms with E-state index in [1.807, 2.05) is 56.3 Å². The van der Waals surface area contributed by atoms with E-state index >= 15 is 0 Å². The molecule has 0 radical (unpaired) electrons. The van der Waals surface area contributed by atoms with E-state index in [9.17, 15) is 4.79 Å². The lowest BCUT2D eigenvalue weighted by molar-refractivity contribution is -0.151. The number of hydrogen-bond donors (Lipinski definition) is 0. The van der Waals surface area contributed by atoms with E-state index in [-0.39, 0.29) is 42.1 Å². The van der Waals surface area contributed by atoms with Crippen molar-refractivity contribution in [1.82, 2.24) is 4.90 Å². The van der Waals surface area contributed by atoms with Crippen molar-refractivity contribution in [3.63, 3.8) is 0 Å². The van der Waals surface area contributed by atoms with E-state index in [1.165, 1.54) is 0 Å². The summed E-state index contributed by atoms with van der Waals surface area (Å²) in [6.45, 7) is 4.23. The summed E-state index contributed by atoms with van der Waals surface area (Å²) >= 11 is 0. The van der Waals surface area contributed by atoms with E-state index in [0.717, 1.165) is 5.56 Å². The highest BCUT2D eigenvalue weighted by Gasteiger charge is 2.32. The number of esters is 1. The van der Waals surface area contributed by atoms with Crippen LogP contribution in [0.15, 0.2) is 60.5 Å². The van der Waals surface area contributed by atoms with Crippen molar-refractivity contribution in [2.24, 2.45) is 5.92 Å². The first-order chi connectivity index (χ1) is 14.1. The van der Waals surface area contributed by atoms with Gasteiger partial charge in [0.05, 0.1) is 6.85 Å². The molecule has 134 valence electrons. The van der Waals surface area contributed by atoms with Gasteiger partial charge in [-0.2, -0.15) is 0 Å². The average Bonchev–Trinajstić information content (AvgIpc) is 2.72. The minimum atomic E-state index is -0.780. The molecule has 25 heavy (non-hydrogen) atoms. The minimum absolute atomic E-state index is 0.168.